The van der Waals surface area contributed by atoms with Crippen LogP contribution in [0.1, 0.15) is 45.1 Å². The number of carbonyl (C=O) groups is 1. The molecule has 0 spiro atoms. The van der Waals surface area contributed by atoms with Crippen molar-refractivity contribution in [3.63, 3.8) is 0 Å². The van der Waals surface area contributed by atoms with E-state index in [9.17, 15) is 4.79 Å². The first-order valence-corrected chi connectivity index (χ1v) is 10.4. The number of carbonyl (C=O) groups excluding carboxylic acids is 1. The van der Waals surface area contributed by atoms with Crippen molar-refractivity contribution in [2.75, 3.05) is 51.3 Å². The first-order valence-electron chi connectivity index (χ1n) is 10.4. The van der Waals surface area contributed by atoms with Crippen LogP contribution in [0.2, 0.25) is 0 Å². The molecule has 1 aromatic heterocycles. The molecule has 4 heterocycles. The smallest absolute Gasteiger partial charge is 0.410 e. The molecule has 0 aromatic carbocycles. The summed E-state index contributed by atoms with van der Waals surface area (Å²) in [5.74, 6) is 2.37. The normalized spacial score (nSPS) is 23.6. The van der Waals surface area contributed by atoms with Crippen molar-refractivity contribution in [3.05, 3.63) is 17.8 Å². The number of hydrogen-bond donors (Lipinski definition) is 0. The van der Waals surface area contributed by atoms with Crippen molar-refractivity contribution in [2.45, 2.75) is 51.2 Å². The summed E-state index contributed by atoms with van der Waals surface area (Å²) >= 11 is 0. The van der Waals surface area contributed by atoms with Gasteiger partial charge in [-0.2, -0.15) is 0 Å². The van der Waals surface area contributed by atoms with Crippen LogP contribution in [-0.2, 0) is 4.74 Å². The second-order valence-electron chi connectivity index (χ2n) is 9.25. The lowest BCUT2D eigenvalue weighted by atomic mass is 9.90. The van der Waals surface area contributed by atoms with E-state index in [0.717, 1.165) is 31.2 Å². The quantitative estimate of drug-likeness (QED) is 0.737. The molecule has 1 aromatic rings. The maximum absolute atomic E-state index is 12.4. The zero-order valence-corrected chi connectivity index (χ0v) is 17.5. The van der Waals surface area contributed by atoms with Gasteiger partial charge < -0.3 is 24.2 Å². The molecular formula is C21H32N4O3. The van der Waals surface area contributed by atoms with Crippen LogP contribution in [0.3, 0.4) is 0 Å². The summed E-state index contributed by atoms with van der Waals surface area (Å²) in [7, 11) is 2.18. The van der Waals surface area contributed by atoms with Gasteiger partial charge >= 0.3 is 6.09 Å². The minimum Gasteiger partial charge on any atom is -0.487 e. The Morgan fingerprint density at radius 3 is 2.68 bits per heavy atom. The van der Waals surface area contributed by atoms with Crippen LogP contribution >= 0.6 is 0 Å². The molecule has 4 rings (SSSR count). The number of aromatic nitrogens is 1. The maximum Gasteiger partial charge on any atom is 0.410 e. The Hall–Kier alpha value is -2.02. The largest absolute Gasteiger partial charge is 0.487 e. The molecule has 3 aliphatic heterocycles. The summed E-state index contributed by atoms with van der Waals surface area (Å²) in [6.07, 6.45) is 4.13. The third-order valence-electron chi connectivity index (χ3n) is 5.88. The highest BCUT2D eigenvalue weighted by molar-refractivity contribution is 5.69. The Morgan fingerprint density at radius 2 is 1.96 bits per heavy atom. The predicted octanol–water partition coefficient (Wildman–Crippen LogP) is 2.71. The summed E-state index contributed by atoms with van der Waals surface area (Å²) in [5, 5.41) is 0. The van der Waals surface area contributed by atoms with Gasteiger partial charge in [-0.05, 0) is 71.3 Å². The van der Waals surface area contributed by atoms with Crippen molar-refractivity contribution in [1.29, 1.82) is 0 Å². The molecule has 7 nitrogen and oxygen atoms in total. The van der Waals surface area contributed by atoms with Crippen LogP contribution in [-0.4, -0.2) is 78.9 Å². The molecule has 1 amide bonds. The number of piperazine rings is 1. The Balaban J connectivity index is 1.44. The molecule has 2 fully saturated rings. The number of nitrogens with zero attached hydrogens (tertiary/aromatic N) is 4. The van der Waals surface area contributed by atoms with E-state index in [4.69, 9.17) is 14.5 Å². The third-order valence-corrected chi connectivity index (χ3v) is 5.88. The van der Waals surface area contributed by atoms with E-state index < -0.39 is 5.60 Å². The molecule has 0 aliphatic carbocycles. The van der Waals surface area contributed by atoms with Crippen molar-refractivity contribution in [3.8, 4) is 5.75 Å². The van der Waals surface area contributed by atoms with Crippen molar-refractivity contribution in [2.24, 2.45) is 0 Å². The zero-order valence-electron chi connectivity index (χ0n) is 17.5. The summed E-state index contributed by atoms with van der Waals surface area (Å²) in [5.41, 5.74) is 0.813. The van der Waals surface area contributed by atoms with Gasteiger partial charge in [0.2, 0.25) is 0 Å². The van der Waals surface area contributed by atoms with E-state index in [-0.39, 0.29) is 12.1 Å². The Labute approximate surface area is 167 Å². The van der Waals surface area contributed by atoms with E-state index in [2.05, 4.69) is 22.9 Å². The Kier molecular flexibility index (Phi) is 5.12. The fraction of sp³-hybridized carbons (Fsp3) is 0.714. The van der Waals surface area contributed by atoms with Crippen LogP contribution in [0.25, 0.3) is 0 Å². The zero-order chi connectivity index (χ0) is 19.9. The number of hydrogen-bond acceptors (Lipinski definition) is 6. The van der Waals surface area contributed by atoms with Gasteiger partial charge in [-0.15, -0.1) is 0 Å². The van der Waals surface area contributed by atoms with Crippen molar-refractivity contribution in [1.82, 2.24) is 14.8 Å². The van der Waals surface area contributed by atoms with E-state index >= 15 is 0 Å². The van der Waals surface area contributed by atoms with Crippen LogP contribution in [0.4, 0.5) is 10.6 Å². The molecule has 2 saturated heterocycles. The molecule has 0 N–H and O–H groups in total. The molecule has 0 radical (unpaired) electrons. The third kappa shape index (κ3) is 4.04. The van der Waals surface area contributed by atoms with Crippen LogP contribution in [0.5, 0.6) is 5.75 Å². The molecule has 7 heteroatoms. The van der Waals surface area contributed by atoms with Gasteiger partial charge in [0.25, 0.3) is 0 Å². The first-order chi connectivity index (χ1) is 13.3. The van der Waals surface area contributed by atoms with Gasteiger partial charge in [0.05, 0.1) is 6.04 Å². The van der Waals surface area contributed by atoms with Gasteiger partial charge in [-0.1, -0.05) is 0 Å². The number of ether oxygens (including phenoxy) is 2. The molecule has 1 unspecified atom stereocenters. The first kappa shape index (κ1) is 19.3. The number of pyridine rings is 1. The SMILES string of the molecule is CN1CCC(c2cnc3c(c2)OCC2CN(C(=O)OC(C)(C)C)CCN32)CC1. The number of likely N-dealkylation sites (tertiary alicyclic amines) is 1. The monoisotopic (exact) mass is 388 g/mol. The lowest BCUT2D eigenvalue weighted by molar-refractivity contribution is 0.0194. The molecule has 154 valence electrons. The van der Waals surface area contributed by atoms with Gasteiger partial charge in [0.15, 0.2) is 11.6 Å². The molecular weight excluding hydrogens is 356 g/mol. The lowest BCUT2D eigenvalue weighted by Gasteiger charge is -2.44. The highest BCUT2D eigenvalue weighted by atomic mass is 16.6. The fourth-order valence-corrected chi connectivity index (χ4v) is 4.29. The molecule has 1 atom stereocenters. The minimum atomic E-state index is -0.476. The van der Waals surface area contributed by atoms with E-state index in [1.165, 1.54) is 18.4 Å². The molecule has 28 heavy (non-hydrogen) atoms. The van der Waals surface area contributed by atoms with E-state index in [1.807, 2.05) is 27.0 Å². The van der Waals surface area contributed by atoms with E-state index in [1.54, 1.807) is 4.90 Å². The van der Waals surface area contributed by atoms with Crippen molar-refractivity contribution >= 4 is 11.9 Å². The lowest BCUT2D eigenvalue weighted by Crippen LogP contribution is -2.59. The number of amides is 1. The van der Waals surface area contributed by atoms with Gasteiger partial charge in [0.1, 0.15) is 12.2 Å². The molecule has 0 bridgehead atoms. The van der Waals surface area contributed by atoms with Crippen LogP contribution < -0.4 is 9.64 Å². The topological polar surface area (TPSA) is 58.1 Å². The van der Waals surface area contributed by atoms with Crippen molar-refractivity contribution < 1.29 is 14.3 Å². The molecule has 3 aliphatic rings. The van der Waals surface area contributed by atoms with Gasteiger partial charge in [-0.3, -0.25) is 0 Å². The molecule has 0 saturated carbocycles. The summed E-state index contributed by atoms with van der Waals surface area (Å²) in [6, 6.07) is 2.31. The minimum absolute atomic E-state index is 0.121. The number of rotatable bonds is 1. The Bertz CT molecular complexity index is 725. The number of piperidine rings is 1. The highest BCUT2D eigenvalue weighted by Crippen LogP contribution is 2.37. The predicted molar refractivity (Wildman–Crippen MR) is 108 cm³/mol. The van der Waals surface area contributed by atoms with Crippen LogP contribution in [0, 0.1) is 0 Å². The van der Waals surface area contributed by atoms with Gasteiger partial charge in [-0.25, -0.2) is 9.78 Å². The maximum atomic E-state index is 12.4. The standard InChI is InChI=1S/C21H32N4O3/c1-21(2,3)28-20(26)24-9-10-25-17(13-24)14-27-18-11-16(12-22-19(18)25)15-5-7-23(4)8-6-15/h11-12,15,17H,5-10,13-14H2,1-4H3. The highest BCUT2D eigenvalue weighted by Gasteiger charge is 2.37. The second kappa shape index (κ2) is 7.43. The summed E-state index contributed by atoms with van der Waals surface area (Å²) in [6.45, 7) is 10.5. The number of fused-ring (bicyclic) bond motifs is 3. The summed E-state index contributed by atoms with van der Waals surface area (Å²) < 4.78 is 11.6. The summed E-state index contributed by atoms with van der Waals surface area (Å²) in [4.78, 5) is 23.6. The average Bonchev–Trinajstić information content (AvgIpc) is 2.66. The Morgan fingerprint density at radius 1 is 1.21 bits per heavy atom. The fourth-order valence-electron chi connectivity index (χ4n) is 4.29. The second-order valence-corrected chi connectivity index (χ2v) is 9.25. The average molecular weight is 389 g/mol. The van der Waals surface area contributed by atoms with Gasteiger partial charge in [0, 0.05) is 25.8 Å². The number of anilines is 1. The van der Waals surface area contributed by atoms with E-state index in [0.29, 0.717) is 25.6 Å². The van der Waals surface area contributed by atoms with Crippen LogP contribution in [0.15, 0.2) is 12.3 Å².